The Kier molecular flexibility index (Phi) is 3.40. The van der Waals surface area contributed by atoms with Crippen molar-refractivity contribution in [3.05, 3.63) is 18.0 Å². The van der Waals surface area contributed by atoms with E-state index in [1.807, 2.05) is 0 Å². The Labute approximate surface area is 138 Å². The molecule has 2 aromatic heterocycles. The summed E-state index contributed by atoms with van der Waals surface area (Å²) < 4.78 is 32.1. The zero-order chi connectivity index (χ0) is 17.1. The van der Waals surface area contributed by atoms with Crippen LogP contribution in [0.15, 0.2) is 21.7 Å². The maximum Gasteiger partial charge on any atom is 0.308 e. The molecule has 0 amide bonds. The van der Waals surface area contributed by atoms with Crippen molar-refractivity contribution in [2.24, 2.45) is 11.8 Å². The number of fused-ring (bicyclic) bond motifs is 1. The fourth-order valence-electron chi connectivity index (χ4n) is 3.21. The molecule has 24 heavy (non-hydrogen) atoms. The molecule has 0 unspecified atom stereocenters. The summed E-state index contributed by atoms with van der Waals surface area (Å²) in [6.07, 6.45) is 3.28. The van der Waals surface area contributed by atoms with Crippen LogP contribution in [0.4, 0.5) is 0 Å². The Morgan fingerprint density at radius 1 is 1.38 bits per heavy atom. The molecule has 0 spiro atoms. The standard InChI is InChI=1S/C15H17N3O5S/c1-8-6-18(7-12(8)15(19)20)24(21,22)10-4-11-13(9-2-3-9)17-23-14(11)16-5-10/h4-5,8-9,12H,2-3,6-7H2,1H3,(H,19,20)/t8-,12-/m1/s1. The van der Waals surface area contributed by atoms with E-state index in [1.165, 1.54) is 10.5 Å². The van der Waals surface area contributed by atoms with E-state index >= 15 is 0 Å². The highest BCUT2D eigenvalue weighted by atomic mass is 32.2. The summed E-state index contributed by atoms with van der Waals surface area (Å²) in [4.78, 5) is 15.4. The Morgan fingerprint density at radius 2 is 2.12 bits per heavy atom. The highest BCUT2D eigenvalue weighted by Crippen LogP contribution is 2.42. The molecule has 9 heteroatoms. The van der Waals surface area contributed by atoms with Gasteiger partial charge in [0.1, 0.15) is 4.90 Å². The minimum Gasteiger partial charge on any atom is -0.481 e. The molecule has 0 aromatic carbocycles. The first-order valence-electron chi connectivity index (χ1n) is 7.86. The van der Waals surface area contributed by atoms with E-state index in [9.17, 15) is 18.3 Å². The molecular formula is C15H17N3O5S. The zero-order valence-corrected chi connectivity index (χ0v) is 13.9. The predicted octanol–water partition coefficient (Wildman–Crippen LogP) is 1.44. The normalized spacial score (nSPS) is 25.4. The minimum atomic E-state index is -3.79. The van der Waals surface area contributed by atoms with Crippen molar-refractivity contribution >= 4 is 27.1 Å². The second kappa shape index (κ2) is 5.25. The summed E-state index contributed by atoms with van der Waals surface area (Å²) in [7, 11) is -3.79. The van der Waals surface area contributed by atoms with E-state index < -0.39 is 21.9 Å². The van der Waals surface area contributed by atoms with Crippen LogP contribution in [0.5, 0.6) is 0 Å². The van der Waals surface area contributed by atoms with Crippen molar-refractivity contribution in [2.45, 2.75) is 30.6 Å². The molecule has 1 aliphatic carbocycles. The molecule has 8 nitrogen and oxygen atoms in total. The van der Waals surface area contributed by atoms with Crippen molar-refractivity contribution < 1.29 is 22.8 Å². The van der Waals surface area contributed by atoms with Gasteiger partial charge >= 0.3 is 5.97 Å². The van der Waals surface area contributed by atoms with Gasteiger partial charge in [0.2, 0.25) is 10.0 Å². The van der Waals surface area contributed by atoms with Gasteiger partial charge in [0.25, 0.3) is 5.71 Å². The largest absolute Gasteiger partial charge is 0.481 e. The Balaban J connectivity index is 1.70. The predicted molar refractivity (Wildman–Crippen MR) is 82.8 cm³/mol. The van der Waals surface area contributed by atoms with Crippen molar-refractivity contribution in [3.63, 3.8) is 0 Å². The summed E-state index contributed by atoms with van der Waals surface area (Å²) in [5, 5.41) is 13.8. The molecule has 1 saturated heterocycles. The summed E-state index contributed by atoms with van der Waals surface area (Å²) in [6, 6.07) is 1.54. The summed E-state index contributed by atoms with van der Waals surface area (Å²) in [5.41, 5.74) is 1.09. The molecule has 4 rings (SSSR count). The monoisotopic (exact) mass is 351 g/mol. The summed E-state index contributed by atoms with van der Waals surface area (Å²) in [5.74, 6) is -1.57. The third-order valence-electron chi connectivity index (χ3n) is 4.83. The molecular weight excluding hydrogens is 334 g/mol. The zero-order valence-electron chi connectivity index (χ0n) is 13.0. The second-order valence-electron chi connectivity index (χ2n) is 6.61. The highest BCUT2D eigenvalue weighted by Gasteiger charge is 2.41. The van der Waals surface area contributed by atoms with Crippen LogP contribution in [0.1, 0.15) is 31.4 Å². The van der Waals surface area contributed by atoms with E-state index in [2.05, 4.69) is 10.1 Å². The number of carboxylic acid groups (broad SMARTS) is 1. The van der Waals surface area contributed by atoms with Crippen molar-refractivity contribution in [3.8, 4) is 0 Å². The molecule has 0 radical (unpaired) electrons. The molecule has 1 saturated carbocycles. The first kappa shape index (κ1) is 15.5. The Hall–Kier alpha value is -2.00. The van der Waals surface area contributed by atoms with Crippen LogP contribution in [0.2, 0.25) is 0 Å². The van der Waals surface area contributed by atoms with Crippen LogP contribution in [0, 0.1) is 11.8 Å². The fourth-order valence-corrected chi connectivity index (χ4v) is 4.75. The summed E-state index contributed by atoms with van der Waals surface area (Å²) >= 11 is 0. The number of sulfonamides is 1. The summed E-state index contributed by atoms with van der Waals surface area (Å²) in [6.45, 7) is 1.92. The number of aliphatic carboxylic acids is 1. The average molecular weight is 351 g/mol. The number of carboxylic acids is 1. The number of nitrogens with zero attached hydrogens (tertiary/aromatic N) is 3. The lowest BCUT2D eigenvalue weighted by Crippen LogP contribution is -2.30. The van der Waals surface area contributed by atoms with Crippen LogP contribution >= 0.6 is 0 Å². The molecule has 2 aliphatic rings. The first-order chi connectivity index (χ1) is 11.4. The number of aromatic nitrogens is 2. The first-order valence-corrected chi connectivity index (χ1v) is 9.30. The number of hydrogen-bond acceptors (Lipinski definition) is 6. The maximum absolute atomic E-state index is 12.9. The van der Waals surface area contributed by atoms with E-state index in [-0.39, 0.29) is 23.9 Å². The van der Waals surface area contributed by atoms with Gasteiger partial charge in [-0.05, 0) is 24.8 Å². The topological polar surface area (TPSA) is 114 Å². The maximum atomic E-state index is 12.9. The highest BCUT2D eigenvalue weighted by molar-refractivity contribution is 7.89. The van der Waals surface area contributed by atoms with Gasteiger partial charge in [-0.25, -0.2) is 13.4 Å². The molecule has 0 bridgehead atoms. The van der Waals surface area contributed by atoms with Crippen molar-refractivity contribution in [2.75, 3.05) is 13.1 Å². The van der Waals surface area contributed by atoms with Gasteiger partial charge in [-0.15, -0.1) is 0 Å². The smallest absolute Gasteiger partial charge is 0.308 e. The van der Waals surface area contributed by atoms with Crippen molar-refractivity contribution in [1.29, 1.82) is 0 Å². The van der Waals surface area contributed by atoms with E-state index in [0.29, 0.717) is 17.0 Å². The van der Waals surface area contributed by atoms with E-state index in [4.69, 9.17) is 4.52 Å². The third kappa shape index (κ3) is 2.39. The van der Waals surface area contributed by atoms with Crippen molar-refractivity contribution in [1.82, 2.24) is 14.4 Å². The number of rotatable bonds is 4. The van der Waals surface area contributed by atoms with Crippen LogP contribution in [0.25, 0.3) is 11.1 Å². The minimum absolute atomic E-state index is 0.0179. The SMILES string of the molecule is C[C@@H]1CN(S(=O)(=O)c2cnc3onc(C4CC4)c3c2)C[C@H]1C(=O)O. The van der Waals surface area contributed by atoms with Gasteiger partial charge in [0.05, 0.1) is 23.2 Å². The van der Waals surface area contributed by atoms with Crippen LogP contribution < -0.4 is 0 Å². The number of carbonyl (C=O) groups is 1. The van der Waals surface area contributed by atoms with Gasteiger partial charge in [0.15, 0.2) is 0 Å². The lowest BCUT2D eigenvalue weighted by molar-refractivity contribution is -0.142. The van der Waals surface area contributed by atoms with Gasteiger partial charge in [0, 0.05) is 19.0 Å². The molecule has 2 fully saturated rings. The molecule has 1 aliphatic heterocycles. The molecule has 3 heterocycles. The van der Waals surface area contributed by atoms with Gasteiger partial charge in [-0.3, -0.25) is 4.79 Å². The average Bonchev–Trinajstić information content (AvgIpc) is 3.16. The quantitative estimate of drug-likeness (QED) is 0.886. The third-order valence-corrected chi connectivity index (χ3v) is 6.63. The van der Waals surface area contributed by atoms with Crippen LogP contribution in [0.3, 0.4) is 0 Å². The van der Waals surface area contributed by atoms with Gasteiger partial charge in [-0.1, -0.05) is 12.1 Å². The molecule has 2 aromatic rings. The van der Waals surface area contributed by atoms with Crippen LogP contribution in [-0.4, -0.2) is 47.0 Å². The fraction of sp³-hybridized carbons (Fsp3) is 0.533. The Morgan fingerprint density at radius 3 is 2.75 bits per heavy atom. The van der Waals surface area contributed by atoms with Gasteiger partial charge < -0.3 is 9.63 Å². The second-order valence-corrected chi connectivity index (χ2v) is 8.55. The van der Waals surface area contributed by atoms with E-state index in [1.54, 1.807) is 13.0 Å². The van der Waals surface area contributed by atoms with Crippen LogP contribution in [-0.2, 0) is 14.8 Å². The molecule has 128 valence electrons. The lowest BCUT2D eigenvalue weighted by Gasteiger charge is -2.15. The molecule has 1 N–H and O–H groups in total. The lowest BCUT2D eigenvalue weighted by atomic mass is 9.99. The van der Waals surface area contributed by atoms with Gasteiger partial charge in [-0.2, -0.15) is 4.31 Å². The number of hydrogen-bond donors (Lipinski definition) is 1. The Bertz CT molecular complexity index is 918. The van der Waals surface area contributed by atoms with E-state index in [0.717, 1.165) is 18.5 Å². The molecule has 2 atom stereocenters. The number of pyridine rings is 1.